The topological polar surface area (TPSA) is 55.5 Å². The second kappa shape index (κ2) is 4.94. The summed E-state index contributed by atoms with van der Waals surface area (Å²) in [5, 5.41) is 10.3. The number of hydrogen-bond donors (Lipinski definition) is 2. The third kappa shape index (κ3) is 2.66. The Balaban J connectivity index is 2.40. The van der Waals surface area contributed by atoms with E-state index in [-0.39, 0.29) is 0 Å². The van der Waals surface area contributed by atoms with Gasteiger partial charge in [0.2, 0.25) is 0 Å². The summed E-state index contributed by atoms with van der Waals surface area (Å²) >= 11 is 0. The smallest absolute Gasteiger partial charge is 0.0908 e. The van der Waals surface area contributed by atoms with Gasteiger partial charge in [-0.15, -0.1) is 0 Å². The highest BCUT2D eigenvalue weighted by molar-refractivity contribution is 4.91. The molecule has 0 bridgehead atoms. The second-order valence-electron chi connectivity index (χ2n) is 4.06. The standard InChI is InChI=1S/C10H21NO2/c1-13-8-10(12,6-3-7-11)9-4-2-5-9/h9,12H,2-8,11H2,1H3. The minimum atomic E-state index is -0.605. The first-order valence-corrected chi connectivity index (χ1v) is 5.14. The molecule has 0 spiro atoms. The number of methoxy groups -OCH3 is 1. The summed E-state index contributed by atoms with van der Waals surface area (Å²) in [6, 6.07) is 0. The zero-order valence-electron chi connectivity index (χ0n) is 8.46. The van der Waals surface area contributed by atoms with Crippen molar-refractivity contribution in [3.63, 3.8) is 0 Å². The lowest BCUT2D eigenvalue weighted by atomic mass is 9.71. The minimum absolute atomic E-state index is 0.444. The first-order valence-electron chi connectivity index (χ1n) is 5.14. The quantitative estimate of drug-likeness (QED) is 0.649. The lowest BCUT2D eigenvalue weighted by molar-refractivity contribution is -0.102. The summed E-state index contributed by atoms with van der Waals surface area (Å²) in [5.74, 6) is 0.444. The summed E-state index contributed by atoms with van der Waals surface area (Å²) < 4.78 is 5.07. The molecule has 1 unspecified atom stereocenters. The van der Waals surface area contributed by atoms with E-state index in [1.807, 2.05) is 0 Å². The maximum Gasteiger partial charge on any atom is 0.0908 e. The Hall–Kier alpha value is -0.120. The van der Waals surface area contributed by atoms with Gasteiger partial charge in [-0.1, -0.05) is 6.42 Å². The molecule has 1 atom stereocenters. The van der Waals surface area contributed by atoms with Crippen molar-refractivity contribution < 1.29 is 9.84 Å². The van der Waals surface area contributed by atoms with Gasteiger partial charge in [0.25, 0.3) is 0 Å². The fraction of sp³-hybridized carbons (Fsp3) is 1.00. The van der Waals surface area contributed by atoms with Crippen molar-refractivity contribution in [1.82, 2.24) is 0 Å². The first-order chi connectivity index (χ1) is 6.23. The molecule has 0 aromatic carbocycles. The summed E-state index contributed by atoms with van der Waals surface area (Å²) in [5.41, 5.74) is 4.83. The van der Waals surface area contributed by atoms with Crippen molar-refractivity contribution in [2.75, 3.05) is 20.3 Å². The van der Waals surface area contributed by atoms with E-state index in [2.05, 4.69) is 0 Å². The molecule has 0 heterocycles. The highest BCUT2D eigenvalue weighted by atomic mass is 16.5. The molecule has 1 aliphatic carbocycles. The van der Waals surface area contributed by atoms with E-state index >= 15 is 0 Å². The molecule has 3 N–H and O–H groups in total. The van der Waals surface area contributed by atoms with Crippen molar-refractivity contribution in [3.8, 4) is 0 Å². The van der Waals surface area contributed by atoms with Crippen LogP contribution in [-0.4, -0.2) is 31.0 Å². The van der Waals surface area contributed by atoms with Crippen LogP contribution in [0.15, 0.2) is 0 Å². The lowest BCUT2D eigenvalue weighted by Gasteiger charge is -2.41. The highest BCUT2D eigenvalue weighted by Crippen LogP contribution is 2.38. The Morgan fingerprint density at radius 3 is 2.62 bits per heavy atom. The van der Waals surface area contributed by atoms with Crippen molar-refractivity contribution in [3.05, 3.63) is 0 Å². The number of ether oxygens (including phenoxy) is 1. The molecule has 1 aliphatic rings. The molecule has 78 valence electrons. The number of aliphatic hydroxyl groups is 1. The molecule has 0 radical (unpaired) electrons. The zero-order valence-corrected chi connectivity index (χ0v) is 8.46. The first kappa shape index (κ1) is 11.0. The van der Waals surface area contributed by atoms with E-state index in [0.717, 1.165) is 25.7 Å². The molecular weight excluding hydrogens is 166 g/mol. The highest BCUT2D eigenvalue weighted by Gasteiger charge is 2.39. The maximum atomic E-state index is 10.3. The van der Waals surface area contributed by atoms with Gasteiger partial charge in [0.1, 0.15) is 0 Å². The van der Waals surface area contributed by atoms with Crippen molar-refractivity contribution in [2.45, 2.75) is 37.7 Å². The molecule has 0 aliphatic heterocycles. The monoisotopic (exact) mass is 187 g/mol. The predicted molar refractivity (Wildman–Crippen MR) is 52.5 cm³/mol. The van der Waals surface area contributed by atoms with Gasteiger partial charge in [-0.2, -0.15) is 0 Å². The van der Waals surface area contributed by atoms with E-state index in [1.54, 1.807) is 7.11 Å². The largest absolute Gasteiger partial charge is 0.387 e. The van der Waals surface area contributed by atoms with Crippen LogP contribution in [0.2, 0.25) is 0 Å². The van der Waals surface area contributed by atoms with Crippen LogP contribution in [0.4, 0.5) is 0 Å². The minimum Gasteiger partial charge on any atom is -0.387 e. The average molecular weight is 187 g/mol. The van der Waals surface area contributed by atoms with Crippen molar-refractivity contribution in [1.29, 1.82) is 0 Å². The molecule has 0 aromatic heterocycles. The zero-order chi connectivity index (χ0) is 9.73. The Kier molecular flexibility index (Phi) is 4.16. The summed E-state index contributed by atoms with van der Waals surface area (Å²) in [7, 11) is 1.64. The third-order valence-corrected chi connectivity index (χ3v) is 3.07. The summed E-state index contributed by atoms with van der Waals surface area (Å²) in [4.78, 5) is 0. The maximum absolute atomic E-state index is 10.3. The van der Waals surface area contributed by atoms with Gasteiger partial charge in [-0.05, 0) is 38.1 Å². The van der Waals surface area contributed by atoms with Gasteiger partial charge in [-0.3, -0.25) is 0 Å². The molecule has 0 aromatic rings. The van der Waals surface area contributed by atoms with E-state index in [1.165, 1.54) is 6.42 Å². The summed E-state index contributed by atoms with van der Waals surface area (Å²) in [6.07, 6.45) is 5.20. The van der Waals surface area contributed by atoms with Crippen LogP contribution in [0.1, 0.15) is 32.1 Å². The third-order valence-electron chi connectivity index (χ3n) is 3.07. The van der Waals surface area contributed by atoms with Gasteiger partial charge in [0.15, 0.2) is 0 Å². The van der Waals surface area contributed by atoms with Gasteiger partial charge in [0.05, 0.1) is 12.2 Å². The van der Waals surface area contributed by atoms with Crippen molar-refractivity contribution in [2.24, 2.45) is 11.7 Å². The van der Waals surface area contributed by atoms with Crippen LogP contribution >= 0.6 is 0 Å². The molecule has 0 amide bonds. The molecule has 3 heteroatoms. The number of nitrogens with two attached hydrogens (primary N) is 1. The Bertz CT molecular complexity index is 148. The Morgan fingerprint density at radius 2 is 2.23 bits per heavy atom. The van der Waals surface area contributed by atoms with Gasteiger partial charge >= 0.3 is 0 Å². The lowest BCUT2D eigenvalue weighted by Crippen LogP contribution is -2.45. The molecule has 3 nitrogen and oxygen atoms in total. The van der Waals surface area contributed by atoms with Crippen molar-refractivity contribution >= 4 is 0 Å². The molecule has 1 saturated carbocycles. The van der Waals surface area contributed by atoms with Crippen LogP contribution in [-0.2, 0) is 4.74 Å². The van der Waals surface area contributed by atoms with E-state index < -0.39 is 5.60 Å². The van der Waals surface area contributed by atoms with Crippen LogP contribution in [0.5, 0.6) is 0 Å². The van der Waals surface area contributed by atoms with Crippen LogP contribution in [0, 0.1) is 5.92 Å². The normalized spacial score (nSPS) is 22.4. The van der Waals surface area contributed by atoms with Crippen LogP contribution in [0.3, 0.4) is 0 Å². The van der Waals surface area contributed by atoms with Gasteiger partial charge in [-0.25, -0.2) is 0 Å². The molecule has 0 saturated heterocycles. The number of rotatable bonds is 6. The van der Waals surface area contributed by atoms with E-state index in [9.17, 15) is 5.11 Å². The average Bonchev–Trinajstić information content (AvgIpc) is 1.98. The molecule has 13 heavy (non-hydrogen) atoms. The predicted octanol–water partition coefficient (Wildman–Crippen LogP) is 0.903. The van der Waals surface area contributed by atoms with Crippen LogP contribution < -0.4 is 5.73 Å². The van der Waals surface area contributed by atoms with Gasteiger partial charge in [0, 0.05) is 7.11 Å². The SMILES string of the molecule is COCC(O)(CCCN)C1CCC1. The van der Waals surface area contributed by atoms with E-state index in [0.29, 0.717) is 19.1 Å². The Labute approximate surface area is 80.3 Å². The van der Waals surface area contributed by atoms with Crippen LogP contribution in [0.25, 0.3) is 0 Å². The second-order valence-corrected chi connectivity index (χ2v) is 4.06. The fourth-order valence-electron chi connectivity index (χ4n) is 2.00. The fourth-order valence-corrected chi connectivity index (χ4v) is 2.00. The van der Waals surface area contributed by atoms with E-state index in [4.69, 9.17) is 10.5 Å². The Morgan fingerprint density at radius 1 is 1.54 bits per heavy atom. The molecule has 1 fully saturated rings. The molecule has 1 rings (SSSR count). The number of hydrogen-bond acceptors (Lipinski definition) is 3. The summed E-state index contributed by atoms with van der Waals surface area (Å²) in [6.45, 7) is 1.11. The van der Waals surface area contributed by atoms with Gasteiger partial charge < -0.3 is 15.6 Å². The molecular formula is C10H21NO2.